The number of benzene rings is 4. The minimum atomic E-state index is -0.170. The first kappa shape index (κ1) is 12.1. The van der Waals surface area contributed by atoms with Crippen LogP contribution in [0.3, 0.4) is 0 Å². The minimum absolute atomic E-state index is 0.170. The lowest BCUT2D eigenvalue weighted by Crippen LogP contribution is -1.86. The number of hydrogen-bond acceptors (Lipinski definition) is 0. The average Bonchev–Trinajstić information content (AvgIpc) is 2.54. The summed E-state index contributed by atoms with van der Waals surface area (Å²) in [5.74, 6) is -0.170. The molecule has 21 heavy (non-hydrogen) atoms. The molecule has 1 heteroatoms. The third-order valence-electron chi connectivity index (χ3n) is 3.93. The van der Waals surface area contributed by atoms with Gasteiger partial charge in [0.1, 0.15) is 5.82 Å². The van der Waals surface area contributed by atoms with Gasteiger partial charge in [0.05, 0.1) is 0 Å². The predicted octanol–water partition coefficient (Wildman–Crippen LogP) is 5.80. The first-order valence-electron chi connectivity index (χ1n) is 7.00. The molecule has 0 aliphatic rings. The SMILES string of the molecule is Fc1cccc2cccc(-c3cccc4ccccc34)c12. The zero-order chi connectivity index (χ0) is 14.2. The van der Waals surface area contributed by atoms with Gasteiger partial charge in [-0.3, -0.25) is 0 Å². The summed E-state index contributed by atoms with van der Waals surface area (Å²) < 4.78 is 14.3. The van der Waals surface area contributed by atoms with Crippen molar-refractivity contribution in [3.8, 4) is 11.1 Å². The summed E-state index contributed by atoms with van der Waals surface area (Å²) in [6.07, 6.45) is 0. The lowest BCUT2D eigenvalue weighted by molar-refractivity contribution is 0.640. The summed E-state index contributed by atoms with van der Waals surface area (Å²) in [6, 6.07) is 25.5. The lowest BCUT2D eigenvalue weighted by Gasteiger charge is -2.10. The van der Waals surface area contributed by atoms with Crippen molar-refractivity contribution in [2.24, 2.45) is 0 Å². The molecule has 100 valence electrons. The molecule has 0 spiro atoms. The zero-order valence-electron chi connectivity index (χ0n) is 11.4. The highest BCUT2D eigenvalue weighted by molar-refractivity contribution is 6.05. The monoisotopic (exact) mass is 272 g/mol. The van der Waals surface area contributed by atoms with E-state index in [0.29, 0.717) is 5.39 Å². The molecule has 0 aromatic heterocycles. The third kappa shape index (κ3) is 1.90. The van der Waals surface area contributed by atoms with Crippen LogP contribution in [-0.2, 0) is 0 Å². The number of halogens is 1. The summed E-state index contributed by atoms with van der Waals surface area (Å²) >= 11 is 0. The van der Waals surface area contributed by atoms with Crippen molar-refractivity contribution in [3.05, 3.63) is 84.7 Å². The molecular formula is C20H13F. The van der Waals surface area contributed by atoms with Gasteiger partial charge in [0.15, 0.2) is 0 Å². The van der Waals surface area contributed by atoms with Crippen molar-refractivity contribution in [1.29, 1.82) is 0 Å². The van der Waals surface area contributed by atoms with Crippen molar-refractivity contribution < 1.29 is 4.39 Å². The second kappa shape index (κ2) is 4.71. The first-order chi connectivity index (χ1) is 10.3. The van der Waals surface area contributed by atoms with E-state index in [4.69, 9.17) is 0 Å². The average molecular weight is 272 g/mol. The van der Waals surface area contributed by atoms with Crippen LogP contribution in [0.2, 0.25) is 0 Å². The Morgan fingerprint density at radius 1 is 0.524 bits per heavy atom. The molecule has 0 saturated heterocycles. The Bertz CT molecular complexity index is 943. The maximum Gasteiger partial charge on any atom is 0.131 e. The second-order valence-corrected chi connectivity index (χ2v) is 5.17. The Kier molecular flexibility index (Phi) is 2.71. The Morgan fingerprint density at radius 2 is 1.14 bits per heavy atom. The highest BCUT2D eigenvalue weighted by atomic mass is 19.1. The van der Waals surface area contributed by atoms with E-state index in [1.807, 2.05) is 42.5 Å². The van der Waals surface area contributed by atoms with Crippen LogP contribution in [0, 0.1) is 5.82 Å². The standard InChI is InChI=1S/C20H13F/c21-19-13-5-9-15-8-4-12-18(20(15)19)17-11-3-7-14-6-1-2-10-16(14)17/h1-13H. The molecule has 0 heterocycles. The Morgan fingerprint density at radius 3 is 2.00 bits per heavy atom. The summed E-state index contributed by atoms with van der Waals surface area (Å²) in [7, 11) is 0. The fourth-order valence-corrected chi connectivity index (χ4v) is 2.98. The van der Waals surface area contributed by atoms with E-state index in [9.17, 15) is 4.39 Å². The molecule has 0 amide bonds. The molecule has 0 atom stereocenters. The fourth-order valence-electron chi connectivity index (χ4n) is 2.98. The van der Waals surface area contributed by atoms with E-state index in [2.05, 4.69) is 24.3 Å². The third-order valence-corrected chi connectivity index (χ3v) is 3.93. The van der Waals surface area contributed by atoms with Gasteiger partial charge in [-0.15, -0.1) is 0 Å². The molecule has 0 aliphatic carbocycles. The molecule has 4 aromatic carbocycles. The highest BCUT2D eigenvalue weighted by Gasteiger charge is 2.10. The number of fused-ring (bicyclic) bond motifs is 2. The van der Waals surface area contributed by atoms with Crippen LogP contribution < -0.4 is 0 Å². The summed E-state index contributed by atoms with van der Waals surface area (Å²) in [6.45, 7) is 0. The molecule has 0 nitrogen and oxygen atoms in total. The lowest BCUT2D eigenvalue weighted by atomic mass is 9.94. The molecule has 0 unspecified atom stereocenters. The van der Waals surface area contributed by atoms with Crippen LogP contribution in [-0.4, -0.2) is 0 Å². The topological polar surface area (TPSA) is 0 Å². The Balaban J connectivity index is 2.15. The van der Waals surface area contributed by atoms with Crippen LogP contribution in [0.4, 0.5) is 4.39 Å². The predicted molar refractivity (Wildman–Crippen MR) is 86.8 cm³/mol. The van der Waals surface area contributed by atoms with Crippen LogP contribution in [0.25, 0.3) is 32.7 Å². The molecule has 0 radical (unpaired) electrons. The van der Waals surface area contributed by atoms with Gasteiger partial charge in [0.2, 0.25) is 0 Å². The second-order valence-electron chi connectivity index (χ2n) is 5.17. The molecule has 0 bridgehead atoms. The maximum atomic E-state index is 14.3. The molecule has 0 saturated carbocycles. The smallest absolute Gasteiger partial charge is 0.131 e. The van der Waals surface area contributed by atoms with Crippen molar-refractivity contribution in [2.45, 2.75) is 0 Å². The van der Waals surface area contributed by atoms with Crippen molar-refractivity contribution in [3.63, 3.8) is 0 Å². The highest BCUT2D eigenvalue weighted by Crippen LogP contribution is 2.34. The quantitative estimate of drug-likeness (QED) is 0.411. The zero-order valence-corrected chi connectivity index (χ0v) is 11.4. The van der Waals surface area contributed by atoms with E-state index in [1.54, 1.807) is 6.07 Å². The fraction of sp³-hybridized carbons (Fsp3) is 0. The van der Waals surface area contributed by atoms with Gasteiger partial charge >= 0.3 is 0 Å². The Hall–Kier alpha value is -2.67. The van der Waals surface area contributed by atoms with Gasteiger partial charge in [-0.2, -0.15) is 0 Å². The molecule has 0 fully saturated rings. The largest absolute Gasteiger partial charge is 0.206 e. The Labute approximate surface area is 122 Å². The van der Waals surface area contributed by atoms with Gasteiger partial charge in [-0.05, 0) is 33.4 Å². The van der Waals surface area contributed by atoms with Crippen molar-refractivity contribution >= 4 is 21.5 Å². The molecule has 0 aliphatic heterocycles. The van der Waals surface area contributed by atoms with Crippen molar-refractivity contribution in [1.82, 2.24) is 0 Å². The van der Waals surface area contributed by atoms with E-state index in [1.165, 1.54) is 11.5 Å². The first-order valence-corrected chi connectivity index (χ1v) is 7.00. The van der Waals surface area contributed by atoms with Gasteiger partial charge in [0, 0.05) is 5.39 Å². The summed E-state index contributed by atoms with van der Waals surface area (Å²) in [5, 5.41) is 3.94. The minimum Gasteiger partial charge on any atom is -0.206 e. The number of rotatable bonds is 1. The number of hydrogen-bond donors (Lipinski definition) is 0. The van der Waals surface area contributed by atoms with Gasteiger partial charge in [-0.1, -0.05) is 72.8 Å². The van der Waals surface area contributed by atoms with Crippen LogP contribution in [0.5, 0.6) is 0 Å². The molecule has 4 aromatic rings. The van der Waals surface area contributed by atoms with E-state index in [-0.39, 0.29) is 5.82 Å². The van der Waals surface area contributed by atoms with Crippen molar-refractivity contribution in [2.75, 3.05) is 0 Å². The summed E-state index contributed by atoms with van der Waals surface area (Å²) in [5.41, 5.74) is 2.02. The van der Waals surface area contributed by atoms with Gasteiger partial charge in [0.25, 0.3) is 0 Å². The van der Waals surface area contributed by atoms with Crippen LogP contribution in [0.1, 0.15) is 0 Å². The van der Waals surface area contributed by atoms with E-state index in [0.717, 1.165) is 21.9 Å². The molecule has 0 N–H and O–H groups in total. The van der Waals surface area contributed by atoms with Gasteiger partial charge < -0.3 is 0 Å². The molecule has 4 rings (SSSR count). The molecular weight excluding hydrogens is 259 g/mol. The van der Waals surface area contributed by atoms with E-state index < -0.39 is 0 Å². The van der Waals surface area contributed by atoms with E-state index >= 15 is 0 Å². The van der Waals surface area contributed by atoms with Crippen LogP contribution >= 0.6 is 0 Å². The normalized spacial score (nSPS) is 11.1. The summed E-state index contributed by atoms with van der Waals surface area (Å²) in [4.78, 5) is 0. The maximum absolute atomic E-state index is 14.3. The van der Waals surface area contributed by atoms with Gasteiger partial charge in [-0.25, -0.2) is 4.39 Å². The van der Waals surface area contributed by atoms with Crippen LogP contribution in [0.15, 0.2) is 78.9 Å².